The lowest BCUT2D eigenvalue weighted by Crippen LogP contribution is -2.52. The first-order chi connectivity index (χ1) is 11.9. The number of nitrogens with zero attached hydrogens (tertiary/aromatic N) is 1. The van der Waals surface area contributed by atoms with E-state index in [0.29, 0.717) is 24.9 Å². The molecule has 1 saturated heterocycles. The number of morpholine rings is 1. The van der Waals surface area contributed by atoms with Gasteiger partial charge in [-0.1, -0.05) is 0 Å². The maximum Gasteiger partial charge on any atom is 0.251 e. The number of carbonyl (C=O) groups is 2. The zero-order chi connectivity index (χ0) is 18.0. The van der Waals surface area contributed by atoms with Crippen LogP contribution in [-0.4, -0.2) is 54.6 Å². The Bertz CT molecular complexity index is 651. The molecule has 3 rings (SSSR count). The fourth-order valence-corrected chi connectivity index (χ4v) is 3.57. The molecule has 3 atom stereocenters. The molecule has 0 aromatic heterocycles. The molecule has 1 aromatic rings. The van der Waals surface area contributed by atoms with Crippen LogP contribution in [0.2, 0.25) is 0 Å². The number of rotatable bonds is 4. The first-order valence-electron chi connectivity index (χ1n) is 9.03. The highest BCUT2D eigenvalue weighted by Gasteiger charge is 2.26. The highest BCUT2D eigenvalue weighted by Crippen LogP contribution is 2.23. The quantitative estimate of drug-likeness (QED) is 0.873. The molecular formula is C19H27N3O3. The predicted molar refractivity (Wildman–Crippen MR) is 96.8 cm³/mol. The summed E-state index contributed by atoms with van der Waals surface area (Å²) in [5, 5.41) is 5.87. The van der Waals surface area contributed by atoms with Crippen molar-refractivity contribution in [3.05, 3.63) is 29.3 Å². The fraction of sp³-hybridized carbons (Fsp3) is 0.579. The molecule has 2 aliphatic heterocycles. The number of fused-ring (bicyclic) bond motifs is 1. The number of ether oxygens (including phenoxy) is 1. The summed E-state index contributed by atoms with van der Waals surface area (Å²) >= 11 is 0. The van der Waals surface area contributed by atoms with E-state index in [1.807, 2.05) is 12.1 Å². The van der Waals surface area contributed by atoms with Crippen molar-refractivity contribution in [3.8, 4) is 0 Å². The molecule has 0 unspecified atom stereocenters. The molecule has 2 amide bonds. The summed E-state index contributed by atoms with van der Waals surface area (Å²) in [5.41, 5.74) is 2.49. The van der Waals surface area contributed by atoms with Crippen LogP contribution >= 0.6 is 0 Å². The molecule has 25 heavy (non-hydrogen) atoms. The molecule has 136 valence electrons. The van der Waals surface area contributed by atoms with E-state index in [9.17, 15) is 9.59 Å². The summed E-state index contributed by atoms with van der Waals surface area (Å²) in [6, 6.07) is 5.72. The van der Waals surface area contributed by atoms with E-state index in [1.165, 1.54) is 0 Å². The Morgan fingerprint density at radius 3 is 2.76 bits per heavy atom. The third-order valence-corrected chi connectivity index (χ3v) is 4.89. The van der Waals surface area contributed by atoms with Crippen LogP contribution in [0, 0.1) is 0 Å². The molecule has 0 aliphatic carbocycles. The van der Waals surface area contributed by atoms with Gasteiger partial charge < -0.3 is 15.4 Å². The van der Waals surface area contributed by atoms with Crippen molar-refractivity contribution in [2.24, 2.45) is 0 Å². The van der Waals surface area contributed by atoms with Crippen molar-refractivity contribution in [1.29, 1.82) is 0 Å². The highest BCUT2D eigenvalue weighted by molar-refractivity contribution is 5.97. The van der Waals surface area contributed by atoms with Crippen LogP contribution in [0.3, 0.4) is 0 Å². The number of hydrogen-bond acceptors (Lipinski definition) is 4. The summed E-state index contributed by atoms with van der Waals surface area (Å²) in [7, 11) is 0. The second-order valence-corrected chi connectivity index (χ2v) is 7.19. The zero-order valence-electron chi connectivity index (χ0n) is 15.2. The lowest BCUT2D eigenvalue weighted by atomic mass is 10.00. The van der Waals surface area contributed by atoms with Crippen LogP contribution in [0.25, 0.3) is 0 Å². The normalized spacial score (nSPS) is 25.0. The van der Waals surface area contributed by atoms with E-state index in [1.54, 1.807) is 6.07 Å². The number of amides is 2. The summed E-state index contributed by atoms with van der Waals surface area (Å²) in [6.45, 7) is 8.68. The average molecular weight is 345 g/mol. The van der Waals surface area contributed by atoms with Gasteiger partial charge in [-0.3, -0.25) is 14.5 Å². The lowest BCUT2D eigenvalue weighted by Gasteiger charge is -2.39. The second kappa shape index (κ2) is 7.54. The zero-order valence-corrected chi connectivity index (χ0v) is 15.2. The van der Waals surface area contributed by atoms with Gasteiger partial charge >= 0.3 is 0 Å². The molecule has 0 saturated carbocycles. The molecule has 6 nitrogen and oxygen atoms in total. The van der Waals surface area contributed by atoms with Gasteiger partial charge in [0.1, 0.15) is 0 Å². The second-order valence-electron chi connectivity index (χ2n) is 7.19. The number of carbonyl (C=O) groups excluding carboxylic acids is 2. The molecule has 6 heteroatoms. The summed E-state index contributed by atoms with van der Waals surface area (Å²) in [4.78, 5) is 26.2. The van der Waals surface area contributed by atoms with Crippen LogP contribution in [0.5, 0.6) is 0 Å². The van der Waals surface area contributed by atoms with Crippen molar-refractivity contribution < 1.29 is 14.3 Å². The van der Waals surface area contributed by atoms with Gasteiger partial charge in [-0.05, 0) is 51.0 Å². The molecule has 1 aromatic carbocycles. The van der Waals surface area contributed by atoms with Crippen molar-refractivity contribution in [1.82, 2.24) is 10.2 Å². The summed E-state index contributed by atoms with van der Waals surface area (Å²) in [5.74, 6) is -0.0339. The Balaban J connectivity index is 1.56. The molecular weight excluding hydrogens is 318 g/mol. The van der Waals surface area contributed by atoms with Gasteiger partial charge in [-0.25, -0.2) is 0 Å². The first kappa shape index (κ1) is 17.9. The average Bonchev–Trinajstić information content (AvgIpc) is 2.58. The summed E-state index contributed by atoms with van der Waals surface area (Å²) in [6.07, 6.45) is 1.60. The van der Waals surface area contributed by atoms with Crippen molar-refractivity contribution in [2.45, 2.75) is 51.9 Å². The number of benzene rings is 1. The number of anilines is 1. The number of nitrogens with one attached hydrogen (secondary N) is 2. The van der Waals surface area contributed by atoms with Crippen LogP contribution < -0.4 is 10.6 Å². The smallest absolute Gasteiger partial charge is 0.251 e. The Kier molecular flexibility index (Phi) is 5.39. The SMILES string of the molecule is C[C@@H]1CN([C@@H](C)CNC(=O)c2ccc3c(c2)CCC(=O)N3)C[C@H](C)O1. The van der Waals surface area contributed by atoms with Gasteiger partial charge in [-0.15, -0.1) is 0 Å². The molecule has 2 heterocycles. The van der Waals surface area contributed by atoms with Crippen molar-refractivity contribution >= 4 is 17.5 Å². The largest absolute Gasteiger partial charge is 0.373 e. The minimum absolute atomic E-state index is 0.0347. The van der Waals surface area contributed by atoms with E-state index >= 15 is 0 Å². The Labute approximate surface area is 148 Å². The van der Waals surface area contributed by atoms with Crippen molar-refractivity contribution in [2.75, 3.05) is 25.0 Å². The third-order valence-electron chi connectivity index (χ3n) is 4.89. The Morgan fingerprint density at radius 1 is 1.32 bits per heavy atom. The maximum absolute atomic E-state index is 12.5. The molecule has 2 N–H and O–H groups in total. The number of hydrogen-bond donors (Lipinski definition) is 2. The molecule has 0 spiro atoms. The Morgan fingerprint density at radius 2 is 2.04 bits per heavy atom. The van der Waals surface area contributed by atoms with Gasteiger partial charge in [0.05, 0.1) is 12.2 Å². The first-order valence-corrected chi connectivity index (χ1v) is 9.03. The van der Waals surface area contributed by atoms with E-state index in [0.717, 1.165) is 24.3 Å². The standard InChI is InChI=1S/C19H27N3O3/c1-12(22-10-13(2)25-14(3)11-22)9-20-19(24)16-4-6-17-15(8-16)5-7-18(23)21-17/h4,6,8,12-14H,5,7,9-11H2,1-3H3,(H,20,24)(H,21,23)/t12-,13-,14+/m0/s1. The monoisotopic (exact) mass is 345 g/mol. The van der Waals surface area contributed by atoms with E-state index < -0.39 is 0 Å². The van der Waals surface area contributed by atoms with Gasteiger partial charge in [0.25, 0.3) is 5.91 Å². The van der Waals surface area contributed by atoms with E-state index in [-0.39, 0.29) is 30.1 Å². The van der Waals surface area contributed by atoms with Gasteiger partial charge in [-0.2, -0.15) is 0 Å². The van der Waals surface area contributed by atoms with E-state index in [4.69, 9.17) is 4.74 Å². The highest BCUT2D eigenvalue weighted by atomic mass is 16.5. The van der Waals surface area contributed by atoms with Gasteiger partial charge in [0, 0.05) is 43.3 Å². The maximum atomic E-state index is 12.5. The van der Waals surface area contributed by atoms with Gasteiger partial charge in [0.2, 0.25) is 5.91 Å². The van der Waals surface area contributed by atoms with E-state index in [2.05, 4.69) is 36.3 Å². The number of aryl methyl sites for hydroxylation is 1. The molecule has 1 fully saturated rings. The predicted octanol–water partition coefficient (Wildman–Crippen LogP) is 1.80. The fourth-order valence-electron chi connectivity index (χ4n) is 3.57. The van der Waals surface area contributed by atoms with Crippen molar-refractivity contribution in [3.63, 3.8) is 0 Å². The van der Waals surface area contributed by atoms with Crippen LogP contribution in [0.1, 0.15) is 43.1 Å². The third kappa shape index (κ3) is 4.38. The molecule has 2 aliphatic rings. The minimum atomic E-state index is -0.0686. The van der Waals surface area contributed by atoms with Crippen LogP contribution in [0.4, 0.5) is 5.69 Å². The molecule has 0 bridgehead atoms. The topological polar surface area (TPSA) is 70.7 Å². The summed E-state index contributed by atoms with van der Waals surface area (Å²) < 4.78 is 5.76. The Hall–Kier alpha value is -1.92. The lowest BCUT2D eigenvalue weighted by molar-refractivity contribution is -0.116. The molecule has 0 radical (unpaired) electrons. The van der Waals surface area contributed by atoms with Crippen LogP contribution in [0.15, 0.2) is 18.2 Å². The minimum Gasteiger partial charge on any atom is -0.373 e. The van der Waals surface area contributed by atoms with Crippen LogP contribution in [-0.2, 0) is 16.0 Å². The van der Waals surface area contributed by atoms with Gasteiger partial charge in [0.15, 0.2) is 0 Å².